The van der Waals surface area contributed by atoms with Crippen molar-refractivity contribution in [3.63, 3.8) is 0 Å². The summed E-state index contributed by atoms with van der Waals surface area (Å²) >= 11 is 0. The minimum absolute atomic E-state index is 0.188. The SMILES string of the molecule is O[C@H](CN(Cc1cccc(C(F)(F)F)c1)c1ccccc1)C(F)(F)F. The van der Waals surface area contributed by atoms with Gasteiger partial charge in [0.2, 0.25) is 0 Å². The summed E-state index contributed by atoms with van der Waals surface area (Å²) in [5.41, 5.74) is -0.328. The molecule has 2 aromatic carbocycles. The Hall–Kier alpha value is -2.22. The number of hydrogen-bond donors (Lipinski definition) is 1. The number of para-hydroxylation sites is 1. The van der Waals surface area contributed by atoms with Gasteiger partial charge in [-0.15, -0.1) is 0 Å². The largest absolute Gasteiger partial charge is 0.416 e. The molecule has 2 aromatic rings. The maximum atomic E-state index is 12.8. The minimum Gasteiger partial charge on any atom is -0.382 e. The van der Waals surface area contributed by atoms with E-state index in [0.717, 1.165) is 12.1 Å². The van der Waals surface area contributed by atoms with Crippen molar-refractivity contribution in [3.8, 4) is 0 Å². The van der Waals surface area contributed by atoms with Crippen LogP contribution in [0.15, 0.2) is 54.6 Å². The lowest BCUT2D eigenvalue weighted by Gasteiger charge is -2.28. The van der Waals surface area contributed by atoms with Crippen molar-refractivity contribution in [1.82, 2.24) is 0 Å². The molecule has 2 rings (SSSR count). The van der Waals surface area contributed by atoms with Crippen molar-refractivity contribution >= 4 is 5.69 Å². The molecule has 2 nitrogen and oxygen atoms in total. The number of alkyl halides is 6. The highest BCUT2D eigenvalue weighted by Crippen LogP contribution is 2.30. The fourth-order valence-corrected chi connectivity index (χ4v) is 2.28. The summed E-state index contributed by atoms with van der Waals surface area (Å²) < 4.78 is 76.4. The molecule has 0 aliphatic heterocycles. The van der Waals surface area contributed by atoms with Gasteiger partial charge in [0.25, 0.3) is 0 Å². The smallest absolute Gasteiger partial charge is 0.382 e. The number of halogens is 6. The predicted octanol–water partition coefficient (Wildman–Crippen LogP) is 4.64. The highest BCUT2D eigenvalue weighted by atomic mass is 19.4. The van der Waals surface area contributed by atoms with E-state index < -0.39 is 30.6 Å². The molecule has 1 N–H and O–H groups in total. The molecule has 0 amide bonds. The van der Waals surface area contributed by atoms with Crippen LogP contribution in [0.4, 0.5) is 32.0 Å². The number of rotatable bonds is 5. The summed E-state index contributed by atoms with van der Waals surface area (Å²) in [5.74, 6) is 0. The Labute approximate surface area is 140 Å². The van der Waals surface area contributed by atoms with Gasteiger partial charge in [0.1, 0.15) is 0 Å². The van der Waals surface area contributed by atoms with E-state index in [1.807, 2.05) is 0 Å². The van der Waals surface area contributed by atoms with Crippen molar-refractivity contribution in [2.75, 3.05) is 11.4 Å². The number of anilines is 1. The average molecular weight is 363 g/mol. The van der Waals surface area contributed by atoms with E-state index in [4.69, 9.17) is 0 Å². The quantitative estimate of drug-likeness (QED) is 0.783. The number of hydrogen-bond acceptors (Lipinski definition) is 2. The number of nitrogens with zero attached hydrogens (tertiary/aromatic N) is 1. The van der Waals surface area contributed by atoms with Gasteiger partial charge < -0.3 is 10.0 Å². The lowest BCUT2D eigenvalue weighted by molar-refractivity contribution is -0.200. The number of aliphatic hydroxyl groups is 1. The molecule has 0 heterocycles. The predicted molar refractivity (Wildman–Crippen MR) is 81.0 cm³/mol. The molecule has 0 radical (unpaired) electrons. The average Bonchev–Trinajstić information content (AvgIpc) is 2.53. The summed E-state index contributed by atoms with van der Waals surface area (Å²) in [7, 11) is 0. The van der Waals surface area contributed by atoms with E-state index in [1.165, 1.54) is 29.2 Å². The van der Waals surface area contributed by atoms with Crippen LogP contribution in [-0.4, -0.2) is 23.9 Å². The third kappa shape index (κ3) is 5.38. The Morgan fingerprint density at radius 1 is 0.880 bits per heavy atom. The third-order valence-corrected chi connectivity index (χ3v) is 3.52. The second-order valence-electron chi connectivity index (χ2n) is 5.47. The van der Waals surface area contributed by atoms with Gasteiger partial charge in [-0.1, -0.05) is 30.3 Å². The second kappa shape index (κ2) is 7.35. The monoisotopic (exact) mass is 363 g/mol. The summed E-state index contributed by atoms with van der Waals surface area (Å²) in [4.78, 5) is 1.19. The Morgan fingerprint density at radius 2 is 1.52 bits per heavy atom. The highest BCUT2D eigenvalue weighted by Gasteiger charge is 2.39. The molecule has 0 bridgehead atoms. The van der Waals surface area contributed by atoms with Crippen LogP contribution in [0.2, 0.25) is 0 Å². The summed E-state index contributed by atoms with van der Waals surface area (Å²) in [6, 6.07) is 12.3. The van der Waals surface area contributed by atoms with Crippen molar-refractivity contribution < 1.29 is 31.4 Å². The molecule has 0 saturated heterocycles. The van der Waals surface area contributed by atoms with Crippen molar-refractivity contribution in [1.29, 1.82) is 0 Å². The lowest BCUT2D eigenvalue weighted by atomic mass is 10.1. The normalized spacial score (nSPS) is 13.6. The molecule has 0 aliphatic rings. The summed E-state index contributed by atoms with van der Waals surface area (Å²) in [6.07, 6.45) is -12.0. The topological polar surface area (TPSA) is 23.5 Å². The Balaban J connectivity index is 2.28. The van der Waals surface area contributed by atoms with Crippen molar-refractivity contribution in [2.24, 2.45) is 0 Å². The van der Waals surface area contributed by atoms with E-state index in [-0.39, 0.29) is 12.1 Å². The van der Waals surface area contributed by atoms with E-state index in [2.05, 4.69) is 0 Å². The molecule has 0 spiro atoms. The fourth-order valence-electron chi connectivity index (χ4n) is 2.28. The molecule has 136 valence electrons. The lowest BCUT2D eigenvalue weighted by Crippen LogP contribution is -2.40. The summed E-state index contributed by atoms with van der Waals surface area (Å²) in [5, 5.41) is 9.33. The van der Waals surface area contributed by atoms with Crippen molar-refractivity contribution in [2.45, 2.75) is 25.0 Å². The van der Waals surface area contributed by atoms with Crippen LogP contribution in [0.3, 0.4) is 0 Å². The molecule has 1 atom stereocenters. The molecular weight excluding hydrogens is 348 g/mol. The maximum Gasteiger partial charge on any atom is 0.416 e. The van der Waals surface area contributed by atoms with Crippen LogP contribution in [0.25, 0.3) is 0 Å². The molecule has 0 aliphatic carbocycles. The van der Waals surface area contributed by atoms with Crippen LogP contribution >= 0.6 is 0 Å². The minimum atomic E-state index is -4.82. The first-order valence-corrected chi connectivity index (χ1v) is 7.28. The van der Waals surface area contributed by atoms with Gasteiger partial charge in [0.05, 0.1) is 12.1 Å². The molecule has 0 fully saturated rings. The first-order chi connectivity index (χ1) is 11.6. The molecule has 0 unspecified atom stereocenters. The fraction of sp³-hybridized carbons (Fsp3) is 0.294. The van der Waals surface area contributed by atoms with Gasteiger partial charge in [-0.3, -0.25) is 0 Å². The molecule has 0 saturated carbocycles. The van der Waals surface area contributed by atoms with Crippen LogP contribution in [0, 0.1) is 0 Å². The molecule has 25 heavy (non-hydrogen) atoms. The third-order valence-electron chi connectivity index (χ3n) is 3.52. The van der Waals surface area contributed by atoms with Gasteiger partial charge in [0.15, 0.2) is 6.10 Å². The maximum absolute atomic E-state index is 12.8. The Kier molecular flexibility index (Phi) is 5.62. The first-order valence-electron chi connectivity index (χ1n) is 7.28. The molecular formula is C17H15F6NO. The van der Waals surface area contributed by atoms with Crippen molar-refractivity contribution in [3.05, 3.63) is 65.7 Å². The number of aliphatic hydroxyl groups excluding tert-OH is 1. The highest BCUT2D eigenvalue weighted by molar-refractivity contribution is 5.47. The zero-order valence-corrected chi connectivity index (χ0v) is 12.8. The van der Waals surface area contributed by atoms with Crippen LogP contribution in [0.5, 0.6) is 0 Å². The van der Waals surface area contributed by atoms with E-state index in [9.17, 15) is 31.4 Å². The van der Waals surface area contributed by atoms with Gasteiger partial charge in [-0.25, -0.2) is 0 Å². The van der Waals surface area contributed by atoms with Crippen LogP contribution in [-0.2, 0) is 12.7 Å². The van der Waals surface area contributed by atoms with E-state index in [1.54, 1.807) is 18.2 Å². The van der Waals surface area contributed by atoms with Gasteiger partial charge in [-0.05, 0) is 29.8 Å². The molecule has 0 aromatic heterocycles. The van der Waals surface area contributed by atoms with E-state index >= 15 is 0 Å². The Bertz CT molecular complexity index is 684. The standard InChI is InChI=1S/C17H15F6NO/c18-16(19,20)13-6-4-5-12(9-13)10-24(11-15(25)17(21,22)23)14-7-2-1-3-8-14/h1-9,15,25H,10-11H2/t15-/m1/s1. The first kappa shape index (κ1) is 19.1. The van der Waals surface area contributed by atoms with Crippen LogP contribution in [0.1, 0.15) is 11.1 Å². The zero-order chi connectivity index (χ0) is 18.7. The number of benzene rings is 2. The van der Waals surface area contributed by atoms with Gasteiger partial charge >= 0.3 is 12.4 Å². The van der Waals surface area contributed by atoms with Gasteiger partial charge in [-0.2, -0.15) is 26.3 Å². The Morgan fingerprint density at radius 3 is 2.08 bits per heavy atom. The van der Waals surface area contributed by atoms with Gasteiger partial charge in [0, 0.05) is 12.2 Å². The van der Waals surface area contributed by atoms with Crippen LogP contribution < -0.4 is 4.90 Å². The molecule has 8 heteroatoms. The van der Waals surface area contributed by atoms with E-state index in [0.29, 0.717) is 5.69 Å². The second-order valence-corrected chi connectivity index (χ2v) is 5.47. The summed E-state index contributed by atoms with van der Waals surface area (Å²) in [6.45, 7) is -0.995. The zero-order valence-electron chi connectivity index (χ0n) is 12.8.